The van der Waals surface area contributed by atoms with Gasteiger partial charge in [0.05, 0.1) is 21.6 Å². The standard InChI is InChI=1S/C22H19ClN4O3S/c1-24-22(28)15-5-3-14(4-6-15)21-25-19-13-17(9-12-20(19)27(21)2)26-31(29,30)18-10-7-16(23)8-11-18/h3-13,26H,1-2H3,(H,24,28). The van der Waals surface area contributed by atoms with E-state index in [0.717, 1.165) is 11.1 Å². The number of aryl methyl sites for hydroxylation is 1. The molecule has 0 aliphatic carbocycles. The van der Waals surface area contributed by atoms with Gasteiger partial charge in [-0.25, -0.2) is 13.4 Å². The van der Waals surface area contributed by atoms with E-state index in [1.807, 2.05) is 29.8 Å². The van der Waals surface area contributed by atoms with Crippen molar-refractivity contribution in [1.29, 1.82) is 0 Å². The molecule has 0 aliphatic rings. The van der Waals surface area contributed by atoms with E-state index >= 15 is 0 Å². The number of anilines is 1. The summed E-state index contributed by atoms with van der Waals surface area (Å²) in [6, 6.07) is 18.3. The fraction of sp³-hybridized carbons (Fsp3) is 0.0909. The molecule has 3 aromatic carbocycles. The SMILES string of the molecule is CNC(=O)c1ccc(-c2nc3cc(NS(=O)(=O)c4ccc(Cl)cc4)ccc3n2C)cc1. The van der Waals surface area contributed by atoms with Gasteiger partial charge in [0.15, 0.2) is 0 Å². The van der Waals surface area contributed by atoms with Crippen LogP contribution in [0.5, 0.6) is 0 Å². The van der Waals surface area contributed by atoms with Crippen molar-refractivity contribution in [2.45, 2.75) is 4.90 Å². The van der Waals surface area contributed by atoms with Crippen molar-refractivity contribution in [3.8, 4) is 11.4 Å². The minimum Gasteiger partial charge on any atom is -0.355 e. The van der Waals surface area contributed by atoms with Gasteiger partial charge in [-0.15, -0.1) is 0 Å². The van der Waals surface area contributed by atoms with E-state index in [1.54, 1.807) is 31.3 Å². The number of fused-ring (bicyclic) bond motifs is 1. The van der Waals surface area contributed by atoms with Gasteiger partial charge in [0.25, 0.3) is 15.9 Å². The van der Waals surface area contributed by atoms with Crippen LogP contribution >= 0.6 is 11.6 Å². The van der Waals surface area contributed by atoms with Gasteiger partial charge >= 0.3 is 0 Å². The average molecular weight is 455 g/mol. The molecular weight excluding hydrogens is 436 g/mol. The van der Waals surface area contributed by atoms with Crippen molar-refractivity contribution >= 4 is 44.3 Å². The third-order valence-corrected chi connectivity index (χ3v) is 6.54. The fourth-order valence-electron chi connectivity index (χ4n) is 3.26. The number of halogens is 1. The molecule has 0 saturated heterocycles. The number of carbonyl (C=O) groups is 1. The van der Waals surface area contributed by atoms with Crippen LogP contribution in [0.4, 0.5) is 5.69 Å². The van der Waals surface area contributed by atoms with Crippen molar-refractivity contribution < 1.29 is 13.2 Å². The lowest BCUT2D eigenvalue weighted by molar-refractivity contribution is 0.0963. The van der Waals surface area contributed by atoms with Crippen LogP contribution in [0.2, 0.25) is 5.02 Å². The summed E-state index contributed by atoms with van der Waals surface area (Å²) in [6.07, 6.45) is 0. The van der Waals surface area contributed by atoms with Crippen LogP contribution in [0.25, 0.3) is 22.4 Å². The second-order valence-corrected chi connectivity index (χ2v) is 9.03. The Kier molecular flexibility index (Phi) is 5.43. The zero-order valence-electron chi connectivity index (χ0n) is 16.8. The molecule has 31 heavy (non-hydrogen) atoms. The molecule has 1 amide bonds. The molecule has 0 aliphatic heterocycles. The minimum absolute atomic E-state index is 0.120. The second kappa shape index (κ2) is 8.05. The number of sulfonamides is 1. The number of rotatable bonds is 5. The lowest BCUT2D eigenvalue weighted by Crippen LogP contribution is -2.17. The molecule has 1 aromatic heterocycles. The van der Waals surface area contributed by atoms with Crippen LogP contribution in [0.15, 0.2) is 71.6 Å². The van der Waals surface area contributed by atoms with Gasteiger partial charge in [0.1, 0.15) is 5.82 Å². The Morgan fingerprint density at radius 3 is 2.32 bits per heavy atom. The maximum absolute atomic E-state index is 12.6. The Labute approximate surface area is 184 Å². The number of nitrogens with one attached hydrogen (secondary N) is 2. The fourth-order valence-corrected chi connectivity index (χ4v) is 4.44. The van der Waals surface area contributed by atoms with Crippen LogP contribution in [0.3, 0.4) is 0 Å². The van der Waals surface area contributed by atoms with Gasteiger partial charge in [0.2, 0.25) is 0 Å². The first-order valence-corrected chi connectivity index (χ1v) is 11.2. The maximum Gasteiger partial charge on any atom is 0.261 e. The first-order valence-electron chi connectivity index (χ1n) is 9.36. The zero-order valence-corrected chi connectivity index (χ0v) is 18.3. The first kappa shape index (κ1) is 20.9. The molecule has 0 saturated carbocycles. The van der Waals surface area contributed by atoms with E-state index in [4.69, 9.17) is 11.6 Å². The highest BCUT2D eigenvalue weighted by Crippen LogP contribution is 2.27. The van der Waals surface area contributed by atoms with Gasteiger partial charge in [0, 0.05) is 30.2 Å². The predicted molar refractivity (Wildman–Crippen MR) is 122 cm³/mol. The van der Waals surface area contributed by atoms with Crippen LogP contribution in [-0.2, 0) is 17.1 Å². The first-order chi connectivity index (χ1) is 14.8. The van der Waals surface area contributed by atoms with Gasteiger partial charge in [-0.1, -0.05) is 23.7 Å². The summed E-state index contributed by atoms with van der Waals surface area (Å²) in [5.74, 6) is 0.547. The molecule has 7 nitrogen and oxygen atoms in total. The van der Waals surface area contributed by atoms with Gasteiger partial charge < -0.3 is 9.88 Å². The summed E-state index contributed by atoms with van der Waals surface area (Å²) in [7, 11) is -0.283. The Bertz CT molecular complexity index is 1380. The third kappa shape index (κ3) is 4.12. The van der Waals surface area contributed by atoms with Crippen molar-refractivity contribution in [1.82, 2.24) is 14.9 Å². The molecular formula is C22H19ClN4O3S. The third-order valence-electron chi connectivity index (χ3n) is 4.89. The number of amides is 1. The average Bonchev–Trinajstić information content (AvgIpc) is 3.09. The topological polar surface area (TPSA) is 93.1 Å². The van der Waals surface area contributed by atoms with E-state index < -0.39 is 10.0 Å². The molecule has 0 radical (unpaired) electrons. The molecule has 158 valence electrons. The Morgan fingerprint density at radius 2 is 1.68 bits per heavy atom. The van der Waals surface area contributed by atoms with Crippen LogP contribution in [0, 0.1) is 0 Å². The van der Waals surface area contributed by atoms with E-state index in [9.17, 15) is 13.2 Å². The number of benzene rings is 3. The molecule has 4 rings (SSSR count). The molecule has 0 fully saturated rings. The maximum atomic E-state index is 12.6. The summed E-state index contributed by atoms with van der Waals surface area (Å²) < 4.78 is 29.8. The summed E-state index contributed by atoms with van der Waals surface area (Å²) in [5, 5.41) is 3.05. The number of imidazole rings is 1. The van der Waals surface area contributed by atoms with Crippen molar-refractivity contribution in [2.75, 3.05) is 11.8 Å². The highest BCUT2D eigenvalue weighted by Gasteiger charge is 2.16. The number of hydrogen-bond donors (Lipinski definition) is 2. The summed E-state index contributed by atoms with van der Waals surface area (Å²) >= 11 is 5.84. The Morgan fingerprint density at radius 1 is 1.00 bits per heavy atom. The minimum atomic E-state index is -3.75. The molecule has 0 spiro atoms. The highest BCUT2D eigenvalue weighted by molar-refractivity contribution is 7.92. The van der Waals surface area contributed by atoms with Crippen molar-refractivity contribution in [2.24, 2.45) is 7.05 Å². The summed E-state index contributed by atoms with van der Waals surface area (Å²) in [4.78, 5) is 16.5. The number of aromatic nitrogens is 2. The number of hydrogen-bond acceptors (Lipinski definition) is 4. The molecule has 4 aromatic rings. The quantitative estimate of drug-likeness (QED) is 0.475. The number of nitrogens with zero attached hydrogens (tertiary/aromatic N) is 2. The molecule has 9 heteroatoms. The van der Waals surface area contributed by atoms with E-state index in [1.165, 1.54) is 24.3 Å². The van der Waals surface area contributed by atoms with Gasteiger partial charge in [-0.2, -0.15) is 0 Å². The lowest BCUT2D eigenvalue weighted by Gasteiger charge is -2.08. The lowest BCUT2D eigenvalue weighted by atomic mass is 10.1. The van der Waals surface area contributed by atoms with Crippen LogP contribution in [0.1, 0.15) is 10.4 Å². The largest absolute Gasteiger partial charge is 0.355 e. The molecule has 0 bridgehead atoms. The second-order valence-electron chi connectivity index (χ2n) is 6.91. The van der Waals surface area contributed by atoms with Crippen LogP contribution in [-0.4, -0.2) is 30.9 Å². The van der Waals surface area contributed by atoms with E-state index in [-0.39, 0.29) is 10.8 Å². The van der Waals surface area contributed by atoms with Gasteiger partial charge in [-0.05, 0) is 54.6 Å². The normalized spacial score (nSPS) is 11.5. The Balaban J connectivity index is 1.66. The predicted octanol–water partition coefficient (Wildman–Crippen LogP) is 4.05. The molecule has 0 atom stereocenters. The van der Waals surface area contributed by atoms with Crippen molar-refractivity contribution in [3.63, 3.8) is 0 Å². The summed E-state index contributed by atoms with van der Waals surface area (Å²) in [5.41, 5.74) is 3.30. The zero-order chi connectivity index (χ0) is 22.2. The van der Waals surface area contributed by atoms with E-state index in [2.05, 4.69) is 15.0 Å². The monoisotopic (exact) mass is 454 g/mol. The van der Waals surface area contributed by atoms with E-state index in [0.29, 0.717) is 27.6 Å². The van der Waals surface area contributed by atoms with Gasteiger partial charge in [-0.3, -0.25) is 9.52 Å². The molecule has 1 heterocycles. The smallest absolute Gasteiger partial charge is 0.261 e. The Hall–Kier alpha value is -3.36. The van der Waals surface area contributed by atoms with Crippen molar-refractivity contribution in [3.05, 3.63) is 77.3 Å². The summed E-state index contributed by atoms with van der Waals surface area (Å²) in [6.45, 7) is 0. The molecule has 0 unspecified atom stereocenters. The molecule has 2 N–H and O–H groups in total. The highest BCUT2D eigenvalue weighted by atomic mass is 35.5. The van der Waals surface area contributed by atoms with Crippen LogP contribution < -0.4 is 10.0 Å². The number of carbonyl (C=O) groups excluding carboxylic acids is 1.